The summed E-state index contributed by atoms with van der Waals surface area (Å²) >= 11 is 1.73. The molecule has 1 aromatic rings. The Kier molecular flexibility index (Phi) is 3.54. The molecule has 0 aromatic carbocycles. The lowest BCUT2D eigenvalue weighted by atomic mass is 9.81. The molecule has 78 valence electrons. The fraction of sp³-hybridized carbons (Fsp3) is 0.727. The van der Waals surface area contributed by atoms with Crippen molar-refractivity contribution in [3.63, 3.8) is 0 Å². The second-order valence-electron chi connectivity index (χ2n) is 4.24. The van der Waals surface area contributed by atoms with E-state index >= 15 is 0 Å². The number of aromatic nitrogens is 1. The Morgan fingerprint density at radius 3 is 3.07 bits per heavy atom. The molecule has 2 rings (SSSR count). The van der Waals surface area contributed by atoms with E-state index < -0.39 is 0 Å². The van der Waals surface area contributed by atoms with Crippen LogP contribution in [0, 0.1) is 5.92 Å². The van der Waals surface area contributed by atoms with Gasteiger partial charge in [-0.1, -0.05) is 19.3 Å². The van der Waals surface area contributed by atoms with Crippen molar-refractivity contribution in [1.29, 1.82) is 0 Å². The predicted molar refractivity (Wildman–Crippen MR) is 60.4 cm³/mol. The molecule has 0 aliphatic heterocycles. The van der Waals surface area contributed by atoms with E-state index in [4.69, 9.17) is 0 Å². The van der Waals surface area contributed by atoms with Crippen LogP contribution in [0.5, 0.6) is 0 Å². The first kappa shape index (κ1) is 10.1. The summed E-state index contributed by atoms with van der Waals surface area (Å²) in [6.07, 6.45) is 7.56. The summed E-state index contributed by atoms with van der Waals surface area (Å²) in [5.74, 6) is 0.994. The van der Waals surface area contributed by atoms with Gasteiger partial charge in [-0.15, -0.1) is 11.3 Å². The monoisotopic (exact) mass is 210 g/mol. The minimum atomic E-state index is 0.643. The lowest BCUT2D eigenvalue weighted by molar-refractivity contribution is 0.265. The Labute approximate surface area is 89.8 Å². The van der Waals surface area contributed by atoms with Gasteiger partial charge in [0.05, 0.1) is 0 Å². The van der Waals surface area contributed by atoms with E-state index in [1.54, 1.807) is 11.3 Å². The molecule has 14 heavy (non-hydrogen) atoms. The molecule has 0 radical (unpaired) electrons. The Morgan fingerprint density at radius 1 is 1.64 bits per heavy atom. The number of nitrogens with one attached hydrogen (secondary N) is 1. The van der Waals surface area contributed by atoms with Gasteiger partial charge in [0.15, 0.2) is 0 Å². The van der Waals surface area contributed by atoms with Crippen molar-refractivity contribution >= 4 is 11.3 Å². The quantitative estimate of drug-likeness (QED) is 0.808. The summed E-state index contributed by atoms with van der Waals surface area (Å²) in [6.45, 7) is 3.22. The molecule has 1 aliphatic rings. The number of hydrogen-bond acceptors (Lipinski definition) is 3. The maximum Gasteiger partial charge on any atom is 0.106 e. The molecule has 1 aromatic heterocycles. The molecule has 1 fully saturated rings. The highest BCUT2D eigenvalue weighted by Crippen LogP contribution is 2.30. The van der Waals surface area contributed by atoms with Gasteiger partial charge in [0.1, 0.15) is 5.01 Å². The average Bonchev–Trinajstić information content (AvgIpc) is 2.60. The van der Waals surface area contributed by atoms with E-state index in [2.05, 4.69) is 17.2 Å². The summed E-state index contributed by atoms with van der Waals surface area (Å²) < 4.78 is 0. The molecule has 1 atom stereocenters. The topological polar surface area (TPSA) is 24.9 Å². The summed E-state index contributed by atoms with van der Waals surface area (Å²) in [5.41, 5.74) is 0. The molecular weight excluding hydrogens is 192 g/mol. The van der Waals surface area contributed by atoms with Crippen LogP contribution in [-0.4, -0.2) is 11.0 Å². The van der Waals surface area contributed by atoms with Crippen molar-refractivity contribution in [2.75, 3.05) is 0 Å². The lowest BCUT2D eigenvalue weighted by Gasteiger charge is -2.28. The summed E-state index contributed by atoms with van der Waals surface area (Å²) in [5, 5.41) is 6.77. The second-order valence-corrected chi connectivity index (χ2v) is 5.22. The zero-order valence-corrected chi connectivity index (χ0v) is 9.52. The van der Waals surface area contributed by atoms with Gasteiger partial charge >= 0.3 is 0 Å². The highest BCUT2D eigenvalue weighted by Gasteiger charge is 2.19. The van der Waals surface area contributed by atoms with Crippen molar-refractivity contribution in [1.82, 2.24) is 10.3 Å². The SMILES string of the molecule is CC(CC1CCC1)NCc1nccs1. The third kappa shape index (κ3) is 2.79. The van der Waals surface area contributed by atoms with E-state index in [1.165, 1.54) is 30.7 Å². The Morgan fingerprint density at radius 2 is 2.50 bits per heavy atom. The summed E-state index contributed by atoms with van der Waals surface area (Å²) in [7, 11) is 0. The zero-order chi connectivity index (χ0) is 9.80. The second kappa shape index (κ2) is 4.89. The van der Waals surface area contributed by atoms with Crippen LogP contribution in [-0.2, 0) is 6.54 Å². The first-order valence-corrected chi connectivity index (χ1v) is 6.34. The van der Waals surface area contributed by atoms with E-state index in [1.807, 2.05) is 11.6 Å². The maximum absolute atomic E-state index is 4.26. The molecular formula is C11H18N2S. The molecule has 2 nitrogen and oxygen atoms in total. The van der Waals surface area contributed by atoms with Crippen LogP contribution in [0.2, 0.25) is 0 Å². The van der Waals surface area contributed by atoms with E-state index in [-0.39, 0.29) is 0 Å². The van der Waals surface area contributed by atoms with Crippen molar-refractivity contribution in [2.45, 2.75) is 45.2 Å². The largest absolute Gasteiger partial charge is 0.308 e. The predicted octanol–water partition coefficient (Wildman–Crippen LogP) is 2.81. The van der Waals surface area contributed by atoms with Gasteiger partial charge in [0.25, 0.3) is 0 Å². The van der Waals surface area contributed by atoms with Crippen LogP contribution >= 0.6 is 11.3 Å². The van der Waals surface area contributed by atoms with Crippen LogP contribution in [0.15, 0.2) is 11.6 Å². The van der Waals surface area contributed by atoms with Gasteiger partial charge in [0.2, 0.25) is 0 Å². The molecule has 0 amide bonds. The summed E-state index contributed by atoms with van der Waals surface area (Å²) in [4.78, 5) is 4.26. The molecule has 0 saturated heterocycles. The molecule has 0 spiro atoms. The third-order valence-corrected chi connectivity index (χ3v) is 3.78. The van der Waals surface area contributed by atoms with Gasteiger partial charge in [0, 0.05) is 24.2 Å². The van der Waals surface area contributed by atoms with Gasteiger partial charge in [-0.05, 0) is 19.3 Å². The van der Waals surface area contributed by atoms with Gasteiger partial charge in [-0.3, -0.25) is 0 Å². The highest BCUT2D eigenvalue weighted by atomic mass is 32.1. The fourth-order valence-electron chi connectivity index (χ4n) is 1.91. The van der Waals surface area contributed by atoms with Crippen LogP contribution < -0.4 is 5.32 Å². The van der Waals surface area contributed by atoms with Crippen molar-refractivity contribution in [3.05, 3.63) is 16.6 Å². The third-order valence-electron chi connectivity index (χ3n) is 3.00. The van der Waals surface area contributed by atoms with Crippen LogP contribution in [0.3, 0.4) is 0 Å². The van der Waals surface area contributed by atoms with E-state index in [0.29, 0.717) is 6.04 Å². The minimum Gasteiger partial charge on any atom is -0.308 e. The normalized spacial score (nSPS) is 19.2. The smallest absolute Gasteiger partial charge is 0.106 e. The lowest BCUT2D eigenvalue weighted by Crippen LogP contribution is -2.29. The fourth-order valence-corrected chi connectivity index (χ4v) is 2.48. The molecule has 1 N–H and O–H groups in total. The van der Waals surface area contributed by atoms with Crippen molar-refractivity contribution in [3.8, 4) is 0 Å². The van der Waals surface area contributed by atoms with E-state index in [9.17, 15) is 0 Å². The Balaban J connectivity index is 1.64. The van der Waals surface area contributed by atoms with Crippen LogP contribution in [0.1, 0.15) is 37.6 Å². The van der Waals surface area contributed by atoms with E-state index in [0.717, 1.165) is 12.5 Å². The number of thiazole rings is 1. The Hall–Kier alpha value is -0.410. The molecule has 3 heteroatoms. The van der Waals surface area contributed by atoms with Gasteiger partial charge < -0.3 is 5.32 Å². The average molecular weight is 210 g/mol. The molecule has 1 saturated carbocycles. The van der Waals surface area contributed by atoms with Gasteiger partial charge in [-0.2, -0.15) is 0 Å². The minimum absolute atomic E-state index is 0.643. The first-order valence-electron chi connectivity index (χ1n) is 5.46. The number of rotatable bonds is 5. The van der Waals surface area contributed by atoms with Crippen LogP contribution in [0.4, 0.5) is 0 Å². The molecule has 1 unspecified atom stereocenters. The number of nitrogens with zero attached hydrogens (tertiary/aromatic N) is 1. The molecule has 1 heterocycles. The first-order chi connectivity index (χ1) is 6.84. The highest BCUT2D eigenvalue weighted by molar-refractivity contribution is 7.09. The molecule has 1 aliphatic carbocycles. The molecule has 0 bridgehead atoms. The maximum atomic E-state index is 4.26. The summed E-state index contributed by atoms with van der Waals surface area (Å²) in [6, 6.07) is 0.643. The standard InChI is InChI=1S/C11H18N2S/c1-9(7-10-3-2-4-10)13-8-11-12-5-6-14-11/h5-6,9-10,13H,2-4,7-8H2,1H3. The Bertz CT molecular complexity index is 254. The zero-order valence-electron chi connectivity index (χ0n) is 8.70. The van der Waals surface area contributed by atoms with Crippen molar-refractivity contribution in [2.24, 2.45) is 5.92 Å². The van der Waals surface area contributed by atoms with Gasteiger partial charge in [-0.25, -0.2) is 4.98 Å². The van der Waals surface area contributed by atoms with Crippen LogP contribution in [0.25, 0.3) is 0 Å². The van der Waals surface area contributed by atoms with Crippen molar-refractivity contribution < 1.29 is 0 Å². The number of hydrogen-bond donors (Lipinski definition) is 1.